The van der Waals surface area contributed by atoms with Gasteiger partial charge < -0.3 is 19.4 Å². The number of rotatable bonds is 4. The van der Waals surface area contributed by atoms with Gasteiger partial charge in [0.05, 0.1) is 6.10 Å². The Morgan fingerprint density at radius 3 is 2.84 bits per heavy atom. The molecule has 1 radical (unpaired) electrons. The molecule has 7 nitrogen and oxygen atoms in total. The largest absolute Gasteiger partial charge is 0.447 e. The monoisotopic (exact) mass is 432 g/mol. The van der Waals surface area contributed by atoms with E-state index in [0.29, 0.717) is 13.1 Å². The van der Waals surface area contributed by atoms with Crippen LogP contribution < -0.4 is 0 Å². The third kappa shape index (κ3) is 4.74. The van der Waals surface area contributed by atoms with Crippen molar-refractivity contribution in [2.45, 2.75) is 38.5 Å². The summed E-state index contributed by atoms with van der Waals surface area (Å²) in [5, 5.41) is 0. The fourth-order valence-corrected chi connectivity index (χ4v) is 4.35. The number of aryl methyl sites for hydroxylation is 1. The maximum Gasteiger partial charge on any atom is 0.410 e. The van der Waals surface area contributed by atoms with Crippen molar-refractivity contribution in [1.82, 2.24) is 19.7 Å². The van der Waals surface area contributed by atoms with Gasteiger partial charge in [0.15, 0.2) is 0 Å². The summed E-state index contributed by atoms with van der Waals surface area (Å²) in [7, 11) is 4.18. The van der Waals surface area contributed by atoms with E-state index in [-0.39, 0.29) is 12.2 Å². The van der Waals surface area contributed by atoms with E-state index in [1.807, 2.05) is 47.5 Å². The van der Waals surface area contributed by atoms with Gasteiger partial charge in [-0.3, -0.25) is 4.98 Å². The normalized spacial score (nSPS) is 22.4. The van der Waals surface area contributed by atoms with E-state index in [2.05, 4.69) is 36.7 Å². The third-order valence-corrected chi connectivity index (χ3v) is 6.21. The van der Waals surface area contributed by atoms with Gasteiger partial charge in [-0.15, -0.1) is 0 Å². The van der Waals surface area contributed by atoms with Crippen LogP contribution in [0.15, 0.2) is 54.1 Å². The van der Waals surface area contributed by atoms with Crippen molar-refractivity contribution in [3.8, 4) is 0 Å². The molecule has 0 N–H and O–H groups in total. The van der Waals surface area contributed by atoms with Crippen molar-refractivity contribution in [1.29, 1.82) is 0 Å². The van der Waals surface area contributed by atoms with Gasteiger partial charge in [0.25, 0.3) is 0 Å². The van der Waals surface area contributed by atoms with Gasteiger partial charge in [0.2, 0.25) is 0 Å². The summed E-state index contributed by atoms with van der Waals surface area (Å²) in [4.78, 5) is 28.0. The molecule has 0 saturated carbocycles. The Morgan fingerprint density at radius 2 is 2.16 bits per heavy atom. The van der Waals surface area contributed by atoms with E-state index in [1.54, 1.807) is 0 Å². The van der Waals surface area contributed by atoms with E-state index >= 15 is 0 Å². The number of hydrogen-bond donors (Lipinski definition) is 0. The van der Waals surface area contributed by atoms with Gasteiger partial charge in [-0.2, -0.15) is 0 Å². The standard InChI is InChI=1S/C24H31BN5O2/c1-4-19(20-7-6-11-26-21(20)5-2)23-27-22(9-12-28(23)3)29-13-15-30(16-14-29)24(31)32-18-8-10-25-17-18/h4,6-7,9,11-12,18H,1,5,8,10,13-17H2,2-3H3/b23-19+. The maximum atomic E-state index is 12.5. The molecule has 4 heterocycles. The number of hydrogen-bond acceptors (Lipinski definition) is 6. The van der Waals surface area contributed by atoms with Gasteiger partial charge in [0, 0.05) is 62.5 Å². The highest BCUT2D eigenvalue weighted by molar-refractivity contribution is 6.36. The predicted molar refractivity (Wildman–Crippen MR) is 128 cm³/mol. The zero-order valence-electron chi connectivity index (χ0n) is 19.0. The molecule has 1 aromatic heterocycles. The third-order valence-electron chi connectivity index (χ3n) is 6.21. The number of aromatic nitrogens is 1. The Labute approximate surface area is 191 Å². The van der Waals surface area contributed by atoms with Crippen molar-refractivity contribution in [3.05, 3.63) is 60.3 Å². The van der Waals surface area contributed by atoms with Crippen molar-refractivity contribution in [2.75, 3.05) is 33.2 Å². The highest BCUT2D eigenvalue weighted by Crippen LogP contribution is 2.28. The Hall–Kier alpha value is -3.03. The molecule has 0 bridgehead atoms. The molecule has 3 aliphatic heterocycles. The molecule has 0 aliphatic carbocycles. The lowest BCUT2D eigenvalue weighted by Crippen LogP contribution is -2.51. The molecule has 1 amide bonds. The van der Waals surface area contributed by atoms with Crippen molar-refractivity contribution < 1.29 is 9.53 Å². The van der Waals surface area contributed by atoms with Gasteiger partial charge in [-0.25, -0.2) is 9.79 Å². The summed E-state index contributed by atoms with van der Waals surface area (Å²) in [6.07, 6.45) is 11.3. The molecular weight excluding hydrogens is 401 g/mol. The van der Waals surface area contributed by atoms with Crippen LogP contribution in [-0.4, -0.2) is 78.2 Å². The van der Waals surface area contributed by atoms with E-state index in [1.165, 1.54) is 0 Å². The average molecular weight is 432 g/mol. The van der Waals surface area contributed by atoms with Gasteiger partial charge >= 0.3 is 6.09 Å². The van der Waals surface area contributed by atoms with Gasteiger partial charge in [-0.1, -0.05) is 32.0 Å². The predicted octanol–water partition coefficient (Wildman–Crippen LogP) is 3.42. The first-order valence-electron chi connectivity index (χ1n) is 11.4. The lowest BCUT2D eigenvalue weighted by atomic mass is 9.77. The summed E-state index contributed by atoms with van der Waals surface area (Å²) in [5.74, 6) is 1.75. The minimum Gasteiger partial charge on any atom is -0.447 e. The molecule has 3 aliphatic rings. The summed E-state index contributed by atoms with van der Waals surface area (Å²) < 4.78 is 5.64. The molecule has 1 atom stereocenters. The smallest absolute Gasteiger partial charge is 0.410 e. The van der Waals surface area contributed by atoms with Crippen molar-refractivity contribution in [3.63, 3.8) is 0 Å². The number of ether oxygens (including phenoxy) is 1. The highest BCUT2D eigenvalue weighted by Gasteiger charge is 2.28. The SMILES string of the molecule is C=C/C(=C1/N=C(N2CCN(C(=O)OC3C[B]CC3)CC2)C=CN1C)c1cccnc1CC. The van der Waals surface area contributed by atoms with E-state index < -0.39 is 0 Å². The number of aliphatic imine (C=N–C) groups is 1. The van der Waals surface area contributed by atoms with Crippen LogP contribution in [0.5, 0.6) is 0 Å². The molecule has 167 valence electrons. The minimum atomic E-state index is -0.191. The van der Waals surface area contributed by atoms with E-state index in [0.717, 1.165) is 67.1 Å². The lowest BCUT2D eigenvalue weighted by Gasteiger charge is -2.37. The second-order valence-corrected chi connectivity index (χ2v) is 8.27. The second kappa shape index (κ2) is 10.1. The van der Waals surface area contributed by atoms with Crippen LogP contribution in [0.3, 0.4) is 0 Å². The Kier molecular flexibility index (Phi) is 6.97. The number of pyridine rings is 1. The minimum absolute atomic E-state index is 0.0484. The summed E-state index contributed by atoms with van der Waals surface area (Å²) in [6, 6.07) is 4.02. The molecule has 1 aromatic rings. The fourth-order valence-electron chi connectivity index (χ4n) is 4.35. The molecule has 32 heavy (non-hydrogen) atoms. The number of piperazine rings is 1. The Bertz CT molecular complexity index is 943. The summed E-state index contributed by atoms with van der Waals surface area (Å²) >= 11 is 0. The highest BCUT2D eigenvalue weighted by atomic mass is 16.6. The number of carbonyl (C=O) groups excluding carboxylic acids is 1. The van der Waals surface area contributed by atoms with Crippen LogP contribution in [0, 0.1) is 0 Å². The molecular formula is C24H31BN5O2. The number of amides is 1. The van der Waals surface area contributed by atoms with Crippen molar-refractivity contribution >= 4 is 24.8 Å². The molecule has 2 saturated heterocycles. The van der Waals surface area contributed by atoms with Crippen LogP contribution in [-0.2, 0) is 11.2 Å². The quantitative estimate of drug-likeness (QED) is 0.683. The molecule has 4 rings (SSSR count). The van der Waals surface area contributed by atoms with Crippen LogP contribution >= 0.6 is 0 Å². The van der Waals surface area contributed by atoms with Gasteiger partial charge in [0.1, 0.15) is 18.9 Å². The molecule has 0 aromatic carbocycles. The molecule has 8 heteroatoms. The first-order valence-corrected chi connectivity index (χ1v) is 11.4. The Balaban J connectivity index is 1.49. The number of allylic oxidation sites excluding steroid dienone is 2. The van der Waals surface area contributed by atoms with Crippen LogP contribution in [0.4, 0.5) is 4.79 Å². The number of carbonyl (C=O) groups is 1. The number of amidine groups is 1. The number of nitrogens with zero attached hydrogens (tertiary/aromatic N) is 5. The van der Waals surface area contributed by atoms with Crippen LogP contribution in [0.25, 0.3) is 5.57 Å². The van der Waals surface area contributed by atoms with E-state index in [4.69, 9.17) is 9.73 Å². The topological polar surface area (TPSA) is 61.3 Å². The van der Waals surface area contributed by atoms with E-state index in [9.17, 15) is 4.79 Å². The fraction of sp³-hybridized carbons (Fsp3) is 0.458. The maximum absolute atomic E-state index is 12.5. The zero-order valence-corrected chi connectivity index (χ0v) is 19.0. The summed E-state index contributed by atoms with van der Waals surface area (Å²) in [5.41, 5.74) is 3.05. The lowest BCUT2D eigenvalue weighted by molar-refractivity contribution is 0.0609. The second-order valence-electron chi connectivity index (χ2n) is 8.27. The first kappa shape index (κ1) is 22.2. The molecule has 0 spiro atoms. The Morgan fingerprint density at radius 1 is 1.34 bits per heavy atom. The van der Waals surface area contributed by atoms with Crippen molar-refractivity contribution in [2.24, 2.45) is 4.99 Å². The van der Waals surface area contributed by atoms with Crippen LogP contribution in [0.1, 0.15) is 24.6 Å². The average Bonchev–Trinajstić information content (AvgIpc) is 3.34. The summed E-state index contributed by atoms with van der Waals surface area (Å²) in [6.45, 7) is 8.87. The zero-order chi connectivity index (χ0) is 22.5. The first-order chi connectivity index (χ1) is 15.6. The molecule has 2 fully saturated rings. The van der Waals surface area contributed by atoms with Crippen LogP contribution in [0.2, 0.25) is 12.6 Å². The van der Waals surface area contributed by atoms with Gasteiger partial charge in [-0.05, 0) is 31.3 Å². The molecule has 1 unspecified atom stereocenters.